The third-order valence-corrected chi connectivity index (χ3v) is 6.73. The Hall–Kier alpha value is -0.570. The number of hydrogen-bond donors (Lipinski definition) is 0. The Balaban J connectivity index is 3.99. The Morgan fingerprint density at radius 2 is 0.939 bits per heavy atom. The summed E-state index contributed by atoms with van der Waals surface area (Å²) in [5, 5.41) is 0. The fourth-order valence-electron chi connectivity index (χ4n) is 4.59. The zero-order valence-electron chi connectivity index (χ0n) is 23.0. The lowest BCUT2D eigenvalue weighted by molar-refractivity contribution is -0.146. The first kappa shape index (κ1) is 32.4. The molecule has 0 aliphatic heterocycles. The molecule has 0 spiro atoms. The van der Waals surface area contributed by atoms with Crippen molar-refractivity contribution < 1.29 is 14.3 Å². The van der Waals surface area contributed by atoms with Gasteiger partial charge < -0.3 is 9.47 Å². The molecule has 0 bridgehead atoms. The minimum Gasteiger partial charge on any atom is -0.463 e. The van der Waals surface area contributed by atoms with Crippen molar-refractivity contribution in [1.29, 1.82) is 0 Å². The normalized spacial score (nSPS) is 12.2. The van der Waals surface area contributed by atoms with Crippen LogP contribution in [0.2, 0.25) is 0 Å². The molecule has 0 heterocycles. The Morgan fingerprint density at radius 1 is 0.515 bits per heavy atom. The summed E-state index contributed by atoms with van der Waals surface area (Å²) in [4.78, 5) is 12.3. The predicted molar refractivity (Wildman–Crippen MR) is 144 cm³/mol. The zero-order chi connectivity index (χ0) is 24.2. The summed E-state index contributed by atoms with van der Waals surface area (Å²) >= 11 is 0. The van der Waals surface area contributed by atoms with Crippen LogP contribution in [0.25, 0.3) is 0 Å². The van der Waals surface area contributed by atoms with Crippen LogP contribution in [0.1, 0.15) is 162 Å². The predicted octanol–water partition coefficient (Wildman–Crippen LogP) is 9.80. The molecule has 0 aliphatic carbocycles. The molecular weight excluding hydrogens is 408 g/mol. The van der Waals surface area contributed by atoms with Crippen molar-refractivity contribution in [1.82, 2.24) is 0 Å². The molecule has 0 N–H and O–H groups in total. The maximum atomic E-state index is 12.3. The fraction of sp³-hybridized carbons (Fsp3) is 0.967. The standard InChI is InChI=1S/C30H60O3/c1-4-7-9-11-13-15-16-18-20-22-24-29(23-21-19-17-14-12-10-8-5-2)28-30(31)33-27-26-32-25-6-3/h29H,4-28H2,1-3H3. The van der Waals surface area contributed by atoms with Gasteiger partial charge in [0.05, 0.1) is 6.61 Å². The van der Waals surface area contributed by atoms with Crippen molar-refractivity contribution >= 4 is 5.97 Å². The van der Waals surface area contributed by atoms with Gasteiger partial charge in [0.2, 0.25) is 0 Å². The van der Waals surface area contributed by atoms with Gasteiger partial charge in [0, 0.05) is 13.0 Å². The highest BCUT2D eigenvalue weighted by Gasteiger charge is 2.15. The summed E-state index contributed by atoms with van der Waals surface area (Å²) in [5.74, 6) is 0.481. The average Bonchev–Trinajstić information content (AvgIpc) is 2.81. The third-order valence-electron chi connectivity index (χ3n) is 6.73. The van der Waals surface area contributed by atoms with E-state index in [4.69, 9.17) is 9.47 Å². The van der Waals surface area contributed by atoms with Gasteiger partial charge in [-0.1, -0.05) is 136 Å². The largest absolute Gasteiger partial charge is 0.463 e. The van der Waals surface area contributed by atoms with Crippen molar-refractivity contribution in [2.45, 2.75) is 162 Å². The molecule has 0 aromatic rings. The maximum absolute atomic E-state index is 12.3. The molecule has 1 atom stereocenters. The molecule has 3 nitrogen and oxygen atoms in total. The summed E-state index contributed by atoms with van der Waals surface area (Å²) in [7, 11) is 0. The number of carbonyl (C=O) groups is 1. The number of hydrogen-bond acceptors (Lipinski definition) is 3. The molecule has 0 aromatic heterocycles. The van der Waals surface area contributed by atoms with Crippen molar-refractivity contribution in [3.05, 3.63) is 0 Å². The number of rotatable bonds is 27. The Labute approximate surface area is 208 Å². The molecule has 0 rings (SSSR count). The van der Waals surface area contributed by atoms with Crippen LogP contribution in [0.5, 0.6) is 0 Å². The van der Waals surface area contributed by atoms with Gasteiger partial charge in [-0.15, -0.1) is 0 Å². The highest BCUT2D eigenvalue weighted by atomic mass is 16.6. The first-order valence-corrected chi connectivity index (χ1v) is 15.0. The van der Waals surface area contributed by atoms with Crippen molar-refractivity contribution in [3.63, 3.8) is 0 Å². The summed E-state index contributed by atoms with van der Waals surface area (Å²) in [6.07, 6.45) is 28.5. The molecule has 1 unspecified atom stereocenters. The average molecular weight is 469 g/mol. The first-order chi connectivity index (χ1) is 16.2. The van der Waals surface area contributed by atoms with Gasteiger partial charge in [-0.25, -0.2) is 0 Å². The van der Waals surface area contributed by atoms with E-state index in [0.717, 1.165) is 13.0 Å². The van der Waals surface area contributed by atoms with E-state index in [2.05, 4.69) is 20.8 Å². The van der Waals surface area contributed by atoms with Gasteiger partial charge in [-0.05, 0) is 25.2 Å². The lowest BCUT2D eigenvalue weighted by Crippen LogP contribution is -2.15. The summed E-state index contributed by atoms with van der Waals surface area (Å²) in [6.45, 7) is 8.33. The van der Waals surface area contributed by atoms with Crippen LogP contribution in [-0.2, 0) is 14.3 Å². The van der Waals surface area contributed by atoms with Crippen LogP contribution >= 0.6 is 0 Å². The van der Waals surface area contributed by atoms with E-state index < -0.39 is 0 Å². The minimum absolute atomic E-state index is 0.0215. The van der Waals surface area contributed by atoms with Crippen molar-refractivity contribution in [2.75, 3.05) is 19.8 Å². The zero-order valence-corrected chi connectivity index (χ0v) is 23.0. The van der Waals surface area contributed by atoms with Gasteiger partial charge >= 0.3 is 5.97 Å². The number of ether oxygens (including phenoxy) is 2. The van der Waals surface area contributed by atoms with Crippen molar-refractivity contribution in [3.8, 4) is 0 Å². The Kier molecular flexibility index (Phi) is 27.2. The van der Waals surface area contributed by atoms with E-state index in [1.165, 1.54) is 128 Å². The summed E-state index contributed by atoms with van der Waals surface area (Å²) in [6, 6.07) is 0. The van der Waals surface area contributed by atoms with Gasteiger partial charge in [0.15, 0.2) is 0 Å². The summed E-state index contributed by atoms with van der Waals surface area (Å²) in [5.41, 5.74) is 0. The molecule has 198 valence electrons. The molecule has 0 fully saturated rings. The lowest BCUT2D eigenvalue weighted by atomic mass is 9.91. The molecular formula is C30H60O3. The minimum atomic E-state index is -0.0215. The smallest absolute Gasteiger partial charge is 0.306 e. The van der Waals surface area contributed by atoms with E-state index in [1.54, 1.807) is 0 Å². The number of unbranched alkanes of at least 4 members (excludes halogenated alkanes) is 16. The number of esters is 1. The second-order valence-electron chi connectivity index (χ2n) is 10.1. The molecule has 0 aromatic carbocycles. The van der Waals surface area contributed by atoms with E-state index >= 15 is 0 Å². The topological polar surface area (TPSA) is 35.5 Å². The van der Waals surface area contributed by atoms with Crippen molar-refractivity contribution in [2.24, 2.45) is 5.92 Å². The molecule has 0 saturated carbocycles. The van der Waals surface area contributed by atoms with Gasteiger partial charge in [-0.2, -0.15) is 0 Å². The van der Waals surface area contributed by atoms with E-state index in [-0.39, 0.29) is 5.97 Å². The Bertz CT molecular complexity index is 383. The van der Waals surface area contributed by atoms with Crippen LogP contribution in [0.3, 0.4) is 0 Å². The van der Waals surface area contributed by atoms with E-state index in [9.17, 15) is 4.79 Å². The third kappa shape index (κ3) is 25.9. The molecule has 0 saturated heterocycles. The quantitative estimate of drug-likeness (QED) is 0.0888. The van der Waals surface area contributed by atoms with Crippen LogP contribution in [0.4, 0.5) is 0 Å². The van der Waals surface area contributed by atoms with Crippen LogP contribution in [0.15, 0.2) is 0 Å². The maximum Gasteiger partial charge on any atom is 0.306 e. The van der Waals surface area contributed by atoms with Crippen LogP contribution in [0, 0.1) is 5.92 Å². The number of carbonyl (C=O) groups excluding carboxylic acids is 1. The fourth-order valence-corrected chi connectivity index (χ4v) is 4.59. The van der Waals surface area contributed by atoms with Crippen LogP contribution < -0.4 is 0 Å². The highest BCUT2D eigenvalue weighted by Crippen LogP contribution is 2.23. The molecule has 0 radical (unpaired) electrons. The molecule has 3 heteroatoms. The van der Waals surface area contributed by atoms with E-state index in [0.29, 0.717) is 25.6 Å². The molecule has 0 amide bonds. The summed E-state index contributed by atoms with van der Waals surface area (Å²) < 4.78 is 10.9. The first-order valence-electron chi connectivity index (χ1n) is 15.0. The van der Waals surface area contributed by atoms with E-state index in [1.807, 2.05) is 0 Å². The second-order valence-corrected chi connectivity index (χ2v) is 10.1. The molecule has 33 heavy (non-hydrogen) atoms. The van der Waals surface area contributed by atoms with Gasteiger partial charge in [0.1, 0.15) is 6.61 Å². The Morgan fingerprint density at radius 3 is 1.36 bits per heavy atom. The monoisotopic (exact) mass is 468 g/mol. The van der Waals surface area contributed by atoms with Gasteiger partial charge in [-0.3, -0.25) is 4.79 Å². The second kappa shape index (κ2) is 27.7. The highest BCUT2D eigenvalue weighted by molar-refractivity contribution is 5.69. The van der Waals surface area contributed by atoms with Gasteiger partial charge in [0.25, 0.3) is 0 Å². The van der Waals surface area contributed by atoms with Crippen LogP contribution in [-0.4, -0.2) is 25.8 Å². The lowest BCUT2D eigenvalue weighted by Gasteiger charge is -2.16. The molecule has 0 aliphatic rings. The SMILES string of the molecule is CCCCCCCCCCCCC(CCCCCCCCCC)CC(=O)OCCOCCC.